The van der Waals surface area contributed by atoms with E-state index in [9.17, 15) is 14.9 Å². The number of carbonyl (C=O) groups is 2. The molecule has 37 heavy (non-hydrogen) atoms. The molecule has 0 saturated heterocycles. The van der Waals surface area contributed by atoms with E-state index in [2.05, 4.69) is 30.6 Å². The van der Waals surface area contributed by atoms with Crippen molar-refractivity contribution in [2.45, 2.75) is 32.6 Å². The fraction of sp³-hybridized carbons (Fsp3) is 0.233. The van der Waals surface area contributed by atoms with Crippen molar-refractivity contribution in [2.75, 3.05) is 11.1 Å². The number of halogens is 1. The van der Waals surface area contributed by atoms with Gasteiger partial charge in [-0.15, -0.1) is 0 Å². The largest absolute Gasteiger partial charge is 0.352 e. The maximum Gasteiger partial charge on any atom is 0.234 e. The van der Waals surface area contributed by atoms with Gasteiger partial charge in [0.05, 0.1) is 28.3 Å². The summed E-state index contributed by atoms with van der Waals surface area (Å²) in [4.78, 5) is 26.3. The molecule has 2 aliphatic rings. The maximum atomic E-state index is 13.3. The van der Waals surface area contributed by atoms with E-state index in [1.54, 1.807) is 12.1 Å². The van der Waals surface area contributed by atoms with Crippen LogP contribution in [0.2, 0.25) is 5.02 Å². The van der Waals surface area contributed by atoms with Crippen LogP contribution < -0.4 is 10.6 Å². The van der Waals surface area contributed by atoms with E-state index in [0.717, 1.165) is 27.7 Å². The van der Waals surface area contributed by atoms with E-state index >= 15 is 0 Å². The molecule has 0 radical (unpaired) electrons. The second kappa shape index (κ2) is 10.1. The van der Waals surface area contributed by atoms with Crippen LogP contribution in [0, 0.1) is 16.7 Å². The van der Waals surface area contributed by atoms with Gasteiger partial charge in [-0.05, 0) is 41.0 Å². The molecule has 1 aliphatic carbocycles. The number of rotatable bonds is 5. The number of hydrogen-bond acceptors (Lipinski definition) is 5. The number of thioether (sulfide) groups is 1. The molecule has 0 fully saturated rings. The van der Waals surface area contributed by atoms with Crippen molar-refractivity contribution in [2.24, 2.45) is 5.41 Å². The fourth-order valence-corrected chi connectivity index (χ4v) is 6.13. The zero-order chi connectivity index (χ0) is 26.2. The Labute approximate surface area is 225 Å². The van der Waals surface area contributed by atoms with Crippen LogP contribution in [-0.4, -0.2) is 17.4 Å². The first-order valence-corrected chi connectivity index (χ1v) is 13.5. The molecule has 1 heterocycles. The molecule has 3 aromatic carbocycles. The molecule has 0 aromatic heterocycles. The summed E-state index contributed by atoms with van der Waals surface area (Å²) >= 11 is 7.41. The Morgan fingerprint density at radius 2 is 1.84 bits per heavy atom. The smallest absolute Gasteiger partial charge is 0.234 e. The topological polar surface area (TPSA) is 82.0 Å². The number of Topliss-reactive ketones (excluding diaryl/α,β-unsaturated/α-hetero) is 1. The molecule has 1 aliphatic heterocycles. The van der Waals surface area contributed by atoms with Crippen LogP contribution in [0.1, 0.15) is 38.2 Å². The minimum absolute atomic E-state index is 0.0456. The van der Waals surface area contributed by atoms with E-state index in [0.29, 0.717) is 34.0 Å². The Morgan fingerprint density at radius 1 is 1.11 bits per heavy atom. The number of anilines is 1. The van der Waals surface area contributed by atoms with Gasteiger partial charge in [-0.25, -0.2) is 0 Å². The molecule has 1 unspecified atom stereocenters. The molecular weight excluding hydrogens is 502 g/mol. The van der Waals surface area contributed by atoms with Crippen LogP contribution in [-0.2, 0) is 9.59 Å². The highest BCUT2D eigenvalue weighted by Crippen LogP contribution is 2.48. The Bertz CT molecular complexity index is 1510. The van der Waals surface area contributed by atoms with E-state index < -0.39 is 5.92 Å². The first-order valence-electron chi connectivity index (χ1n) is 12.1. The Balaban J connectivity index is 1.44. The number of carbonyl (C=O) groups excluding carboxylic acids is 2. The average molecular weight is 528 g/mol. The van der Waals surface area contributed by atoms with Crippen molar-refractivity contribution < 1.29 is 9.59 Å². The monoisotopic (exact) mass is 527 g/mol. The van der Waals surface area contributed by atoms with Gasteiger partial charge >= 0.3 is 0 Å². The first-order chi connectivity index (χ1) is 17.8. The van der Waals surface area contributed by atoms with Crippen molar-refractivity contribution in [3.8, 4) is 6.07 Å². The quantitative estimate of drug-likeness (QED) is 0.376. The highest BCUT2D eigenvalue weighted by Gasteiger charge is 2.41. The second-order valence-electron chi connectivity index (χ2n) is 10.2. The Kier molecular flexibility index (Phi) is 6.85. The lowest BCUT2D eigenvalue weighted by molar-refractivity contribution is -0.118. The summed E-state index contributed by atoms with van der Waals surface area (Å²) in [5.74, 6) is -0.505. The number of amides is 1. The van der Waals surface area contributed by atoms with Gasteiger partial charge in [-0.3, -0.25) is 9.59 Å². The third-order valence-electron chi connectivity index (χ3n) is 6.74. The lowest BCUT2D eigenvalue weighted by Gasteiger charge is -2.39. The number of ketones is 1. The van der Waals surface area contributed by atoms with Crippen molar-refractivity contribution in [3.63, 3.8) is 0 Å². The average Bonchev–Trinajstić information content (AvgIpc) is 2.86. The number of allylic oxidation sites excluding steroid dienone is 3. The summed E-state index contributed by atoms with van der Waals surface area (Å²) in [6.45, 7) is 4.14. The molecule has 3 aromatic rings. The van der Waals surface area contributed by atoms with Gasteiger partial charge in [-0.1, -0.05) is 85.7 Å². The third-order valence-corrected chi connectivity index (χ3v) is 8.01. The van der Waals surface area contributed by atoms with Crippen LogP contribution in [0.5, 0.6) is 0 Å². The predicted molar refractivity (Wildman–Crippen MR) is 150 cm³/mol. The maximum absolute atomic E-state index is 13.3. The van der Waals surface area contributed by atoms with Crippen LogP contribution in [0.3, 0.4) is 0 Å². The number of dihydropyridines is 1. The summed E-state index contributed by atoms with van der Waals surface area (Å²) in [7, 11) is 0. The van der Waals surface area contributed by atoms with E-state index in [1.165, 1.54) is 11.8 Å². The first kappa shape index (κ1) is 25.1. The Morgan fingerprint density at radius 3 is 2.59 bits per heavy atom. The van der Waals surface area contributed by atoms with E-state index in [-0.39, 0.29) is 22.9 Å². The SMILES string of the molecule is CC1(C)CC(=O)C2=C(C1)NC(SCC(=O)Nc1cccc3ccccc13)=C(C#N)C2c1ccc(Cl)cc1. The summed E-state index contributed by atoms with van der Waals surface area (Å²) in [5, 5.41) is 19.8. The van der Waals surface area contributed by atoms with Crippen molar-refractivity contribution in [1.29, 1.82) is 5.26 Å². The third kappa shape index (κ3) is 5.16. The second-order valence-corrected chi connectivity index (χ2v) is 11.6. The van der Waals surface area contributed by atoms with E-state index in [1.807, 2.05) is 54.6 Å². The van der Waals surface area contributed by atoms with E-state index in [4.69, 9.17) is 11.6 Å². The summed E-state index contributed by atoms with van der Waals surface area (Å²) in [6, 6.07) is 23.3. The molecule has 0 bridgehead atoms. The lowest BCUT2D eigenvalue weighted by Crippen LogP contribution is -2.37. The Hall–Kier alpha value is -3.53. The highest BCUT2D eigenvalue weighted by atomic mass is 35.5. The van der Waals surface area contributed by atoms with Gasteiger partial charge in [0.1, 0.15) is 0 Å². The van der Waals surface area contributed by atoms with Gasteiger partial charge in [0, 0.05) is 33.8 Å². The van der Waals surface area contributed by atoms with Crippen LogP contribution in [0.4, 0.5) is 5.69 Å². The minimum atomic E-state index is -0.495. The summed E-state index contributed by atoms with van der Waals surface area (Å²) in [6.07, 6.45) is 1.11. The fourth-order valence-electron chi connectivity index (χ4n) is 5.14. The van der Waals surface area contributed by atoms with Gasteiger partial charge in [-0.2, -0.15) is 5.26 Å². The number of nitrogens with zero attached hydrogens (tertiary/aromatic N) is 1. The molecule has 1 atom stereocenters. The molecule has 5 rings (SSSR count). The molecule has 1 amide bonds. The number of hydrogen-bond donors (Lipinski definition) is 2. The lowest BCUT2D eigenvalue weighted by atomic mass is 9.69. The van der Waals surface area contributed by atoms with Crippen LogP contribution in [0.25, 0.3) is 10.8 Å². The predicted octanol–water partition coefficient (Wildman–Crippen LogP) is 6.93. The van der Waals surface area contributed by atoms with Crippen molar-refractivity contribution in [3.05, 3.63) is 99.2 Å². The van der Waals surface area contributed by atoms with Gasteiger partial charge in [0.25, 0.3) is 0 Å². The van der Waals surface area contributed by atoms with Crippen molar-refractivity contribution in [1.82, 2.24) is 5.32 Å². The number of nitriles is 1. The summed E-state index contributed by atoms with van der Waals surface area (Å²) < 4.78 is 0. The normalized spacial score (nSPS) is 18.8. The van der Waals surface area contributed by atoms with Gasteiger partial charge < -0.3 is 10.6 Å². The summed E-state index contributed by atoms with van der Waals surface area (Å²) in [5.41, 5.74) is 3.30. The zero-order valence-corrected chi connectivity index (χ0v) is 22.2. The zero-order valence-electron chi connectivity index (χ0n) is 20.6. The molecule has 2 N–H and O–H groups in total. The minimum Gasteiger partial charge on any atom is -0.352 e. The van der Waals surface area contributed by atoms with Crippen LogP contribution >= 0.6 is 23.4 Å². The molecule has 0 spiro atoms. The van der Waals surface area contributed by atoms with Crippen LogP contribution in [0.15, 0.2) is 88.6 Å². The number of nitrogens with one attached hydrogen (secondary N) is 2. The number of fused-ring (bicyclic) bond motifs is 1. The molecule has 186 valence electrons. The van der Waals surface area contributed by atoms with Gasteiger partial charge in [0.2, 0.25) is 5.91 Å². The van der Waals surface area contributed by atoms with Crippen molar-refractivity contribution >= 4 is 51.5 Å². The molecule has 0 saturated carbocycles. The van der Waals surface area contributed by atoms with Gasteiger partial charge in [0.15, 0.2) is 5.78 Å². The molecular formula is C30H26ClN3O2S. The standard InChI is InChI=1S/C30H26ClN3O2S/c1-30(2)14-24-28(25(35)15-30)27(19-10-12-20(31)13-11-19)22(16-32)29(34-24)37-17-26(36)33-23-9-5-7-18-6-3-4-8-21(18)23/h3-13,27,34H,14-15,17H2,1-2H3,(H,33,36). The number of benzene rings is 3. The molecule has 7 heteroatoms. The highest BCUT2D eigenvalue weighted by molar-refractivity contribution is 8.03. The molecule has 5 nitrogen and oxygen atoms in total.